The monoisotopic (exact) mass is 599 g/mol. The first-order valence-corrected chi connectivity index (χ1v) is 15.4. The fourth-order valence-corrected chi connectivity index (χ4v) is 6.69. The van der Waals surface area contributed by atoms with Crippen LogP contribution in [-0.2, 0) is 6.61 Å². The molecule has 1 aliphatic carbocycles. The van der Waals surface area contributed by atoms with Gasteiger partial charge in [0, 0.05) is 80.5 Å². The van der Waals surface area contributed by atoms with Crippen LogP contribution in [0.2, 0.25) is 0 Å². The molecule has 3 aromatic heterocycles. The standard InChI is InChI=1S/C32H34FN7O2S/c1-20-36-18-28(43-20)19-41-26-15-23(33)16-27(17-26)42-25-5-3-21(4-6-25)29-30-31(34)35-7-8-40(30)32(37-29)22-13-24(14-22)39-11-9-38(2)10-12-39/h3-8,15-18,22,24H,9-14,19H2,1-2H3,(H2,34,35)/t22-,24+. The van der Waals surface area contributed by atoms with E-state index >= 15 is 0 Å². The van der Waals surface area contributed by atoms with Crippen LogP contribution >= 0.6 is 11.3 Å². The Balaban J connectivity index is 1.07. The van der Waals surface area contributed by atoms with Gasteiger partial charge >= 0.3 is 0 Å². The second-order valence-electron chi connectivity index (χ2n) is 11.4. The van der Waals surface area contributed by atoms with Crippen molar-refractivity contribution < 1.29 is 13.9 Å². The maximum atomic E-state index is 14.4. The Labute approximate surface area is 253 Å². The molecule has 0 atom stereocenters. The van der Waals surface area contributed by atoms with Gasteiger partial charge in [0.2, 0.25) is 0 Å². The summed E-state index contributed by atoms with van der Waals surface area (Å²) in [6, 6.07) is 12.6. The van der Waals surface area contributed by atoms with Gasteiger partial charge in [-0.3, -0.25) is 9.30 Å². The van der Waals surface area contributed by atoms with Crippen molar-refractivity contribution in [3.63, 3.8) is 0 Å². The lowest BCUT2D eigenvalue weighted by Crippen LogP contribution is -2.52. The van der Waals surface area contributed by atoms with Crippen molar-refractivity contribution >= 4 is 22.7 Å². The Hall–Kier alpha value is -4.06. The van der Waals surface area contributed by atoms with Crippen LogP contribution in [0.1, 0.15) is 34.5 Å². The lowest BCUT2D eigenvalue weighted by atomic mass is 9.78. The number of nitrogen functional groups attached to an aromatic ring is 1. The average molecular weight is 600 g/mol. The van der Waals surface area contributed by atoms with Crippen LogP contribution in [-0.4, -0.2) is 68.4 Å². The first-order valence-electron chi connectivity index (χ1n) is 14.6. The summed E-state index contributed by atoms with van der Waals surface area (Å²) in [7, 11) is 2.19. The van der Waals surface area contributed by atoms with Gasteiger partial charge in [0.1, 0.15) is 52.5 Å². The highest BCUT2D eigenvalue weighted by molar-refractivity contribution is 7.11. The largest absolute Gasteiger partial charge is 0.488 e. The van der Waals surface area contributed by atoms with Gasteiger partial charge in [-0.1, -0.05) is 0 Å². The van der Waals surface area contributed by atoms with E-state index < -0.39 is 5.82 Å². The Morgan fingerprint density at radius 2 is 1.77 bits per heavy atom. The number of piperazine rings is 1. The predicted molar refractivity (Wildman–Crippen MR) is 165 cm³/mol. The van der Waals surface area contributed by atoms with Crippen LogP contribution in [0.4, 0.5) is 10.2 Å². The first kappa shape index (κ1) is 27.8. The Morgan fingerprint density at radius 3 is 2.51 bits per heavy atom. The SMILES string of the molecule is Cc1ncc(COc2cc(F)cc(Oc3ccc(-c4nc([C@H]5C[C@@H](N6CCN(C)CC6)C5)n5ccnc(N)c45)cc3)c2)s1. The molecule has 2 fully saturated rings. The summed E-state index contributed by atoms with van der Waals surface area (Å²) in [5, 5.41) is 0.960. The van der Waals surface area contributed by atoms with Crippen LogP contribution < -0.4 is 15.2 Å². The van der Waals surface area contributed by atoms with Crippen LogP contribution in [0.15, 0.2) is 61.1 Å². The number of imidazole rings is 1. The normalized spacial score (nSPS) is 19.4. The van der Waals surface area contributed by atoms with Crippen LogP contribution in [0.5, 0.6) is 17.2 Å². The minimum Gasteiger partial charge on any atom is -0.488 e. The highest BCUT2D eigenvalue weighted by atomic mass is 32.1. The third kappa shape index (κ3) is 5.80. The molecule has 0 bridgehead atoms. The summed E-state index contributed by atoms with van der Waals surface area (Å²) >= 11 is 1.55. The molecule has 1 saturated heterocycles. The molecule has 222 valence electrons. The van der Waals surface area contributed by atoms with Crippen molar-refractivity contribution in [1.82, 2.24) is 29.2 Å². The molecule has 43 heavy (non-hydrogen) atoms. The molecule has 7 rings (SSSR count). The molecule has 11 heteroatoms. The molecule has 4 heterocycles. The fourth-order valence-electron chi connectivity index (χ4n) is 5.98. The van der Waals surface area contributed by atoms with E-state index in [4.69, 9.17) is 20.2 Å². The van der Waals surface area contributed by atoms with Crippen LogP contribution in [0.3, 0.4) is 0 Å². The molecule has 2 N–H and O–H groups in total. The smallest absolute Gasteiger partial charge is 0.150 e. The topological polar surface area (TPSA) is 94.0 Å². The highest BCUT2D eigenvalue weighted by Crippen LogP contribution is 2.42. The van der Waals surface area contributed by atoms with E-state index in [2.05, 4.69) is 31.2 Å². The maximum Gasteiger partial charge on any atom is 0.150 e. The number of hydrogen-bond donors (Lipinski definition) is 1. The van der Waals surface area contributed by atoms with Gasteiger partial charge in [0.25, 0.3) is 0 Å². The van der Waals surface area contributed by atoms with Crippen molar-refractivity contribution in [2.75, 3.05) is 39.0 Å². The minimum absolute atomic E-state index is 0.319. The molecular weight excluding hydrogens is 565 g/mol. The Kier molecular flexibility index (Phi) is 7.46. The number of halogens is 1. The number of ether oxygens (including phenoxy) is 2. The maximum absolute atomic E-state index is 14.4. The zero-order valence-electron chi connectivity index (χ0n) is 24.2. The van der Waals surface area contributed by atoms with Crippen LogP contribution in [0, 0.1) is 12.7 Å². The summed E-state index contributed by atoms with van der Waals surface area (Å²) in [6.07, 6.45) is 7.66. The number of rotatable bonds is 8. The molecule has 9 nitrogen and oxygen atoms in total. The van der Waals surface area contributed by atoms with E-state index in [1.165, 1.54) is 12.1 Å². The van der Waals surface area contributed by atoms with E-state index in [1.807, 2.05) is 37.4 Å². The summed E-state index contributed by atoms with van der Waals surface area (Å²) in [5.74, 6) is 2.74. The fraction of sp³-hybridized carbons (Fsp3) is 0.344. The third-order valence-electron chi connectivity index (χ3n) is 8.40. The van der Waals surface area contributed by atoms with Crippen molar-refractivity contribution in [3.05, 3.63) is 82.6 Å². The number of aromatic nitrogens is 4. The highest BCUT2D eigenvalue weighted by Gasteiger charge is 2.38. The van der Waals surface area contributed by atoms with Gasteiger partial charge < -0.3 is 20.1 Å². The molecule has 2 aliphatic rings. The number of benzene rings is 2. The number of thiazole rings is 1. The first-order chi connectivity index (χ1) is 20.9. The summed E-state index contributed by atoms with van der Waals surface area (Å²) in [4.78, 5) is 19.7. The van der Waals surface area contributed by atoms with Gasteiger partial charge in [-0.05, 0) is 51.1 Å². The van der Waals surface area contributed by atoms with Gasteiger partial charge in [-0.25, -0.2) is 19.3 Å². The molecule has 2 aromatic carbocycles. The third-order valence-corrected chi connectivity index (χ3v) is 9.29. The number of nitrogens with two attached hydrogens (primary N) is 1. The molecule has 5 aromatic rings. The lowest BCUT2D eigenvalue weighted by molar-refractivity contribution is 0.0586. The van der Waals surface area contributed by atoms with Crippen molar-refractivity contribution in [2.45, 2.75) is 38.3 Å². The van der Waals surface area contributed by atoms with Crippen LogP contribution in [0.25, 0.3) is 16.8 Å². The second-order valence-corrected chi connectivity index (χ2v) is 12.7. The zero-order valence-corrected chi connectivity index (χ0v) is 25.1. The number of likely N-dealkylation sites (N-methyl/N-ethyl adjacent to an activating group) is 1. The number of hydrogen-bond acceptors (Lipinski definition) is 9. The quantitative estimate of drug-likeness (QED) is 0.241. The van der Waals surface area contributed by atoms with Gasteiger partial charge in [0.15, 0.2) is 0 Å². The summed E-state index contributed by atoms with van der Waals surface area (Å²) in [5.41, 5.74) is 8.92. The molecular formula is C32H34FN7O2S. The van der Waals surface area contributed by atoms with Gasteiger partial charge in [-0.15, -0.1) is 11.3 Å². The predicted octanol–water partition coefficient (Wildman–Crippen LogP) is 5.75. The van der Waals surface area contributed by atoms with Crippen molar-refractivity contribution in [1.29, 1.82) is 0 Å². The number of fused-ring (bicyclic) bond motifs is 1. The van der Waals surface area contributed by atoms with E-state index in [-0.39, 0.29) is 0 Å². The second kappa shape index (κ2) is 11.6. The number of anilines is 1. The van der Waals surface area contributed by atoms with E-state index in [1.54, 1.807) is 29.8 Å². The Morgan fingerprint density at radius 1 is 1.00 bits per heavy atom. The molecule has 0 unspecified atom stereocenters. The van der Waals surface area contributed by atoms with E-state index in [0.29, 0.717) is 41.6 Å². The molecule has 0 radical (unpaired) electrons. The molecule has 0 amide bonds. The zero-order chi connectivity index (χ0) is 29.5. The van der Waals surface area contributed by atoms with Gasteiger partial charge in [0.05, 0.1) is 9.88 Å². The van der Waals surface area contributed by atoms with Crippen molar-refractivity contribution in [2.24, 2.45) is 0 Å². The molecule has 1 saturated carbocycles. The van der Waals surface area contributed by atoms with E-state index in [9.17, 15) is 4.39 Å². The Bertz CT molecular complexity index is 1740. The van der Waals surface area contributed by atoms with Crippen molar-refractivity contribution in [3.8, 4) is 28.5 Å². The lowest BCUT2D eigenvalue weighted by Gasteiger charge is -2.45. The minimum atomic E-state index is -0.435. The molecule has 1 aliphatic heterocycles. The van der Waals surface area contributed by atoms with Gasteiger partial charge in [-0.2, -0.15) is 0 Å². The summed E-state index contributed by atoms with van der Waals surface area (Å²) in [6.45, 7) is 6.76. The number of nitrogens with zero attached hydrogens (tertiary/aromatic N) is 6. The number of aryl methyl sites for hydroxylation is 1. The summed E-state index contributed by atoms with van der Waals surface area (Å²) < 4.78 is 28.3. The average Bonchev–Trinajstić information content (AvgIpc) is 3.57. The molecule has 0 spiro atoms. The van der Waals surface area contributed by atoms with E-state index in [0.717, 1.165) is 71.5 Å².